The summed E-state index contributed by atoms with van der Waals surface area (Å²) in [4.78, 5) is 31.5. The van der Waals surface area contributed by atoms with Crippen LogP contribution in [-0.2, 0) is 23.9 Å². The highest BCUT2D eigenvalue weighted by atomic mass is 35.5. The zero-order valence-corrected chi connectivity index (χ0v) is 13.1. The first-order valence-corrected chi connectivity index (χ1v) is 7.10. The molecule has 20 heavy (non-hydrogen) atoms. The summed E-state index contributed by atoms with van der Waals surface area (Å²) in [5.41, 5.74) is 0. The van der Waals surface area contributed by atoms with Crippen LogP contribution in [0.2, 0.25) is 0 Å². The van der Waals surface area contributed by atoms with Crippen LogP contribution in [0.5, 0.6) is 0 Å². The molecular formula is C12H22Cl2O6. The number of ether oxygens (including phenoxy) is 2. The second kappa shape index (κ2) is 14.6. The largest absolute Gasteiger partial charge is 0.466 e. The van der Waals surface area contributed by atoms with Crippen molar-refractivity contribution in [3.8, 4) is 0 Å². The quantitative estimate of drug-likeness (QED) is 0.412. The van der Waals surface area contributed by atoms with E-state index in [2.05, 4.69) is 9.47 Å². The van der Waals surface area contributed by atoms with Gasteiger partial charge in [0.2, 0.25) is 0 Å². The van der Waals surface area contributed by atoms with Crippen molar-refractivity contribution in [1.82, 2.24) is 0 Å². The lowest BCUT2D eigenvalue weighted by Crippen LogP contribution is -2.16. The number of carbonyl (C=O) groups excluding carboxylic acids is 3. The van der Waals surface area contributed by atoms with Crippen molar-refractivity contribution in [3.05, 3.63) is 0 Å². The van der Waals surface area contributed by atoms with E-state index < -0.39 is 18.0 Å². The second-order valence-electron chi connectivity index (χ2n) is 3.47. The van der Waals surface area contributed by atoms with Crippen molar-refractivity contribution in [2.24, 2.45) is 0 Å². The number of ketones is 1. The van der Waals surface area contributed by atoms with Crippen molar-refractivity contribution in [2.75, 3.05) is 25.0 Å². The van der Waals surface area contributed by atoms with Gasteiger partial charge in [0.15, 0.2) is 5.78 Å². The van der Waals surface area contributed by atoms with Gasteiger partial charge in [0.1, 0.15) is 6.42 Å². The van der Waals surface area contributed by atoms with E-state index >= 15 is 0 Å². The molecule has 0 aromatic carbocycles. The molecule has 6 nitrogen and oxygen atoms in total. The zero-order chi connectivity index (χ0) is 16.0. The van der Waals surface area contributed by atoms with E-state index in [0.29, 0.717) is 13.2 Å². The number of carbonyl (C=O) groups is 3. The minimum absolute atomic E-state index is 0. The predicted octanol–water partition coefficient (Wildman–Crippen LogP) is 1.53. The average Bonchev–Trinajstić information content (AvgIpc) is 2.39. The topological polar surface area (TPSA) is 89.9 Å². The Morgan fingerprint density at radius 3 is 2.00 bits per heavy atom. The van der Waals surface area contributed by atoms with Crippen molar-refractivity contribution >= 4 is 40.9 Å². The summed E-state index contributed by atoms with van der Waals surface area (Å²) < 4.78 is 9.05. The lowest BCUT2D eigenvalue weighted by atomic mass is 10.3. The van der Waals surface area contributed by atoms with Crippen LogP contribution >= 0.6 is 23.2 Å². The number of alkyl halides is 2. The van der Waals surface area contributed by atoms with E-state index in [1.807, 2.05) is 0 Å². The molecule has 0 fully saturated rings. The summed E-state index contributed by atoms with van der Waals surface area (Å²) in [5, 5.41) is 8.82. The fourth-order valence-corrected chi connectivity index (χ4v) is 1.09. The molecule has 0 aromatic rings. The Labute approximate surface area is 129 Å². The lowest BCUT2D eigenvalue weighted by Gasteiger charge is -2.04. The van der Waals surface area contributed by atoms with E-state index in [1.165, 1.54) is 0 Å². The van der Waals surface area contributed by atoms with Gasteiger partial charge < -0.3 is 14.6 Å². The molecule has 120 valence electrons. The molecule has 0 bridgehead atoms. The minimum Gasteiger partial charge on any atom is -0.466 e. The fraction of sp³-hybridized carbons (Fsp3) is 0.750. The number of Topliss-reactive ketones (excluding diaryl/α,β-unsaturated/α-hetero) is 1. The van der Waals surface area contributed by atoms with Crippen LogP contribution in [0.25, 0.3) is 0 Å². The number of esters is 2. The number of rotatable bonds is 8. The Balaban J connectivity index is -0.000000295. The second-order valence-corrected chi connectivity index (χ2v) is 4.05. The maximum atomic E-state index is 10.6. The molecule has 0 aliphatic heterocycles. The number of aliphatic hydroxyl groups is 1. The monoisotopic (exact) mass is 332 g/mol. The van der Waals surface area contributed by atoms with Crippen molar-refractivity contribution in [2.45, 2.75) is 32.8 Å². The van der Waals surface area contributed by atoms with Gasteiger partial charge in [0.25, 0.3) is 0 Å². The predicted molar refractivity (Wildman–Crippen MR) is 77.1 cm³/mol. The number of halogens is 2. The highest BCUT2D eigenvalue weighted by Gasteiger charge is 2.09. The molecule has 0 amide bonds. The first kappa shape index (κ1) is 21.4. The van der Waals surface area contributed by atoms with Gasteiger partial charge in [-0.3, -0.25) is 14.4 Å². The highest BCUT2D eigenvalue weighted by Crippen LogP contribution is 1.96. The van der Waals surface area contributed by atoms with Gasteiger partial charge in [-0.2, -0.15) is 0 Å². The molecule has 0 heterocycles. The van der Waals surface area contributed by atoms with Crippen molar-refractivity contribution < 1.29 is 30.4 Å². The van der Waals surface area contributed by atoms with Crippen LogP contribution in [0.3, 0.4) is 0 Å². The van der Waals surface area contributed by atoms with Crippen LogP contribution in [0.4, 0.5) is 0 Å². The smallest absolute Gasteiger partial charge is 0.313 e. The Kier molecular flexibility index (Phi) is 15.6. The molecule has 1 N–H and O–H groups in total. The average molecular weight is 333 g/mol. The third kappa shape index (κ3) is 15.2. The maximum Gasteiger partial charge on any atom is 0.313 e. The third-order valence-electron chi connectivity index (χ3n) is 1.68. The van der Waals surface area contributed by atoms with E-state index in [4.69, 9.17) is 28.3 Å². The molecule has 0 aliphatic carbocycles. The summed E-state index contributed by atoms with van der Waals surface area (Å²) in [5.74, 6) is -1.28. The molecule has 0 saturated heterocycles. The Bertz CT molecular complexity index is 301. The van der Waals surface area contributed by atoms with Crippen LogP contribution < -0.4 is 0 Å². The summed E-state index contributed by atoms with van der Waals surface area (Å²) in [7, 11) is 0. The van der Waals surface area contributed by atoms with Crippen LogP contribution in [-0.4, -0.2) is 53.9 Å². The van der Waals surface area contributed by atoms with Crippen LogP contribution in [0.15, 0.2) is 0 Å². The van der Waals surface area contributed by atoms with Crippen LogP contribution in [0.1, 0.15) is 28.1 Å². The standard InChI is InChI=1S/C6H11ClO3.C6H9ClO3.H2/c2*1-2-10-6(9)3-5(8)4-7;/h5,8H,2-4H2,1H3;2-4H2,1H3;1H. The summed E-state index contributed by atoms with van der Waals surface area (Å²) in [6.07, 6.45) is -1.00. The van der Waals surface area contributed by atoms with Gasteiger partial charge in [0.05, 0.1) is 31.6 Å². The molecule has 0 saturated carbocycles. The van der Waals surface area contributed by atoms with Gasteiger partial charge in [-0.1, -0.05) is 0 Å². The molecule has 0 aliphatic rings. The maximum absolute atomic E-state index is 10.6. The van der Waals surface area contributed by atoms with Gasteiger partial charge in [-0.15, -0.1) is 23.2 Å². The van der Waals surface area contributed by atoms with E-state index in [-0.39, 0.29) is 31.8 Å². The molecule has 0 aromatic heterocycles. The number of hydrogen-bond acceptors (Lipinski definition) is 6. The third-order valence-corrected chi connectivity index (χ3v) is 2.34. The SMILES string of the molecule is CCOC(=O)CC(=O)CCl.CCOC(=O)CC(O)CCl.[HH]. The number of aliphatic hydroxyl groups excluding tert-OH is 1. The first-order valence-electron chi connectivity index (χ1n) is 6.04. The molecular weight excluding hydrogens is 311 g/mol. The fourth-order valence-electron chi connectivity index (χ4n) is 0.887. The molecule has 0 radical (unpaired) electrons. The van der Waals surface area contributed by atoms with Crippen molar-refractivity contribution in [3.63, 3.8) is 0 Å². The molecule has 0 rings (SSSR count). The normalized spacial score (nSPS) is 10.8. The Hall–Kier alpha value is -0.850. The first-order chi connectivity index (χ1) is 9.40. The summed E-state index contributed by atoms with van der Waals surface area (Å²) >= 11 is 10.4. The molecule has 1 atom stereocenters. The van der Waals surface area contributed by atoms with E-state index in [1.54, 1.807) is 13.8 Å². The number of hydrogen-bond donors (Lipinski definition) is 1. The van der Waals surface area contributed by atoms with Gasteiger partial charge in [-0.05, 0) is 13.8 Å². The van der Waals surface area contributed by atoms with Gasteiger partial charge >= 0.3 is 11.9 Å². The summed E-state index contributed by atoms with van der Waals surface area (Å²) in [6.45, 7) is 4.04. The molecule has 8 heteroatoms. The van der Waals surface area contributed by atoms with Gasteiger partial charge in [-0.25, -0.2) is 0 Å². The lowest BCUT2D eigenvalue weighted by molar-refractivity contribution is -0.146. The van der Waals surface area contributed by atoms with Crippen LogP contribution in [0, 0.1) is 0 Å². The zero-order valence-electron chi connectivity index (χ0n) is 11.6. The molecule has 1 unspecified atom stereocenters. The van der Waals surface area contributed by atoms with Crippen molar-refractivity contribution in [1.29, 1.82) is 0 Å². The van der Waals surface area contributed by atoms with E-state index in [0.717, 1.165) is 0 Å². The Morgan fingerprint density at radius 2 is 1.60 bits per heavy atom. The Morgan fingerprint density at radius 1 is 1.10 bits per heavy atom. The van der Waals surface area contributed by atoms with E-state index in [9.17, 15) is 14.4 Å². The highest BCUT2D eigenvalue weighted by molar-refractivity contribution is 6.28. The van der Waals surface area contributed by atoms with Gasteiger partial charge in [0, 0.05) is 7.31 Å². The minimum atomic E-state index is -0.777. The molecule has 0 spiro atoms. The summed E-state index contributed by atoms with van der Waals surface area (Å²) in [6, 6.07) is 0.